The lowest BCUT2D eigenvalue weighted by atomic mass is 10.1. The fraction of sp³-hybridized carbons (Fsp3) is 0.0909. The molecule has 2 aromatic carbocycles. The maximum absolute atomic E-state index is 13.8. The minimum atomic E-state index is -0.810. The first-order valence-electron chi connectivity index (χ1n) is 8.98. The largest absolute Gasteiger partial charge is 0.324 e. The van der Waals surface area contributed by atoms with Crippen LogP contribution in [0.25, 0.3) is 16.9 Å². The summed E-state index contributed by atoms with van der Waals surface area (Å²) in [5.41, 5.74) is 3.22. The number of aromatic nitrogens is 2. The summed E-state index contributed by atoms with van der Waals surface area (Å²) < 4.78 is 28.7. The summed E-state index contributed by atoms with van der Waals surface area (Å²) in [6.45, 7) is 0. The van der Waals surface area contributed by atoms with Crippen LogP contribution in [0.5, 0.6) is 0 Å². The summed E-state index contributed by atoms with van der Waals surface area (Å²) in [5.74, 6) is -1.88. The highest BCUT2D eigenvalue weighted by molar-refractivity contribution is 6.30. The Hall–Kier alpha value is -3.25. The summed E-state index contributed by atoms with van der Waals surface area (Å²) in [7, 11) is 0. The van der Waals surface area contributed by atoms with Crippen LogP contribution < -0.4 is 5.32 Å². The Morgan fingerprint density at radius 1 is 1.07 bits per heavy atom. The third kappa shape index (κ3) is 4.12. The number of pyridine rings is 1. The zero-order valence-corrected chi connectivity index (χ0v) is 16.0. The monoisotopic (exact) mass is 411 g/mol. The minimum Gasteiger partial charge on any atom is -0.324 e. The molecule has 7 heteroatoms. The van der Waals surface area contributed by atoms with E-state index in [9.17, 15) is 13.6 Å². The minimum absolute atomic E-state index is 0.0486. The molecule has 0 bridgehead atoms. The molecular weight excluding hydrogens is 396 g/mol. The molecule has 0 unspecified atom stereocenters. The predicted octanol–water partition coefficient (Wildman–Crippen LogP) is 5.50. The quantitative estimate of drug-likeness (QED) is 0.471. The summed E-state index contributed by atoms with van der Waals surface area (Å²) in [6.07, 6.45) is 2.38. The number of anilines is 1. The number of nitrogens with zero attached hydrogens (tertiary/aromatic N) is 2. The van der Waals surface area contributed by atoms with Gasteiger partial charge >= 0.3 is 0 Å². The Labute approximate surface area is 170 Å². The lowest BCUT2D eigenvalue weighted by Crippen LogP contribution is -2.14. The molecule has 1 N–H and O–H groups in total. The average molecular weight is 412 g/mol. The van der Waals surface area contributed by atoms with E-state index in [1.807, 2.05) is 40.9 Å². The Morgan fingerprint density at radius 3 is 2.62 bits per heavy atom. The van der Waals surface area contributed by atoms with Gasteiger partial charge in [-0.2, -0.15) is 0 Å². The number of hydrogen-bond acceptors (Lipinski definition) is 2. The lowest BCUT2D eigenvalue weighted by molar-refractivity contribution is -0.116. The molecule has 0 radical (unpaired) electrons. The van der Waals surface area contributed by atoms with Gasteiger partial charge in [-0.25, -0.2) is 13.8 Å². The Morgan fingerprint density at radius 2 is 1.86 bits per heavy atom. The highest BCUT2D eigenvalue weighted by Gasteiger charge is 2.16. The zero-order valence-electron chi connectivity index (χ0n) is 15.2. The van der Waals surface area contributed by atoms with Crippen LogP contribution in [0.15, 0.2) is 66.9 Å². The van der Waals surface area contributed by atoms with Gasteiger partial charge in [-0.05, 0) is 42.8 Å². The molecule has 4 nitrogen and oxygen atoms in total. The van der Waals surface area contributed by atoms with E-state index in [1.54, 1.807) is 12.1 Å². The van der Waals surface area contributed by atoms with Crippen molar-refractivity contribution in [2.24, 2.45) is 0 Å². The van der Waals surface area contributed by atoms with Crippen LogP contribution in [-0.4, -0.2) is 15.3 Å². The molecule has 4 rings (SSSR count). The van der Waals surface area contributed by atoms with E-state index in [1.165, 1.54) is 6.07 Å². The van der Waals surface area contributed by atoms with Crippen molar-refractivity contribution in [1.82, 2.24) is 9.38 Å². The Kier molecular flexibility index (Phi) is 5.27. The van der Waals surface area contributed by atoms with Gasteiger partial charge in [-0.15, -0.1) is 0 Å². The number of carbonyl (C=O) groups is 1. The molecule has 4 aromatic rings. The van der Waals surface area contributed by atoms with Gasteiger partial charge in [0, 0.05) is 29.3 Å². The maximum Gasteiger partial charge on any atom is 0.224 e. The van der Waals surface area contributed by atoms with Gasteiger partial charge < -0.3 is 9.72 Å². The lowest BCUT2D eigenvalue weighted by Gasteiger charge is -2.08. The van der Waals surface area contributed by atoms with Crippen LogP contribution in [0.4, 0.5) is 14.5 Å². The van der Waals surface area contributed by atoms with Gasteiger partial charge in [0.2, 0.25) is 5.91 Å². The Balaban J connectivity index is 1.59. The second-order valence-electron chi connectivity index (χ2n) is 6.52. The highest BCUT2D eigenvalue weighted by atomic mass is 35.5. The third-order valence-electron chi connectivity index (χ3n) is 4.54. The van der Waals surface area contributed by atoms with Crippen molar-refractivity contribution in [3.05, 3.63) is 89.2 Å². The summed E-state index contributed by atoms with van der Waals surface area (Å²) >= 11 is 5.99. The molecule has 0 aliphatic carbocycles. The first kappa shape index (κ1) is 19.1. The van der Waals surface area contributed by atoms with Crippen molar-refractivity contribution in [2.75, 3.05) is 5.32 Å². The first-order chi connectivity index (χ1) is 14.0. The Bertz CT molecular complexity index is 1190. The van der Waals surface area contributed by atoms with E-state index < -0.39 is 11.6 Å². The molecule has 146 valence electrons. The smallest absolute Gasteiger partial charge is 0.224 e. The SMILES string of the molecule is O=C(CCc1c(-c2ccc(Cl)cc2)nc2ccccn12)Nc1ccc(F)cc1F. The third-order valence-corrected chi connectivity index (χ3v) is 4.79. The second kappa shape index (κ2) is 8.01. The topological polar surface area (TPSA) is 46.4 Å². The number of halogens is 3. The summed E-state index contributed by atoms with van der Waals surface area (Å²) in [5, 5.41) is 3.11. The van der Waals surface area contributed by atoms with Crippen molar-refractivity contribution in [1.29, 1.82) is 0 Å². The van der Waals surface area contributed by atoms with Crippen molar-refractivity contribution in [2.45, 2.75) is 12.8 Å². The van der Waals surface area contributed by atoms with Crippen LogP contribution in [0.2, 0.25) is 5.02 Å². The molecule has 0 fully saturated rings. The van der Waals surface area contributed by atoms with Crippen LogP contribution in [0.1, 0.15) is 12.1 Å². The van der Waals surface area contributed by atoms with E-state index >= 15 is 0 Å². The summed E-state index contributed by atoms with van der Waals surface area (Å²) in [6, 6.07) is 16.0. The number of rotatable bonds is 5. The second-order valence-corrected chi connectivity index (χ2v) is 6.95. The molecule has 0 aliphatic rings. The van der Waals surface area contributed by atoms with E-state index in [2.05, 4.69) is 10.3 Å². The van der Waals surface area contributed by atoms with E-state index in [4.69, 9.17) is 11.6 Å². The van der Waals surface area contributed by atoms with Crippen molar-refractivity contribution in [3.8, 4) is 11.3 Å². The molecular formula is C22H16ClF2N3O. The molecule has 0 saturated heterocycles. The number of nitrogens with one attached hydrogen (secondary N) is 1. The van der Waals surface area contributed by atoms with E-state index in [-0.39, 0.29) is 18.0 Å². The maximum atomic E-state index is 13.8. The van der Waals surface area contributed by atoms with E-state index in [0.29, 0.717) is 11.4 Å². The number of hydrogen-bond donors (Lipinski definition) is 1. The van der Waals surface area contributed by atoms with Gasteiger partial charge in [0.15, 0.2) is 0 Å². The normalized spacial score (nSPS) is 11.0. The molecule has 29 heavy (non-hydrogen) atoms. The highest BCUT2D eigenvalue weighted by Crippen LogP contribution is 2.27. The van der Waals surface area contributed by atoms with Gasteiger partial charge in [-0.3, -0.25) is 4.79 Å². The van der Waals surface area contributed by atoms with Crippen LogP contribution in [0.3, 0.4) is 0 Å². The number of imidazole rings is 1. The van der Waals surface area contributed by atoms with Crippen LogP contribution in [-0.2, 0) is 11.2 Å². The number of carbonyl (C=O) groups excluding carboxylic acids is 1. The van der Waals surface area contributed by atoms with Crippen molar-refractivity contribution >= 4 is 28.8 Å². The molecule has 0 saturated carbocycles. The average Bonchev–Trinajstić information content (AvgIpc) is 3.08. The molecule has 0 aliphatic heterocycles. The van der Waals surface area contributed by atoms with Gasteiger partial charge in [-0.1, -0.05) is 29.8 Å². The number of aryl methyl sites for hydroxylation is 1. The molecule has 2 heterocycles. The number of fused-ring (bicyclic) bond motifs is 1. The fourth-order valence-electron chi connectivity index (χ4n) is 3.16. The van der Waals surface area contributed by atoms with Gasteiger partial charge in [0.05, 0.1) is 17.1 Å². The predicted molar refractivity (Wildman–Crippen MR) is 109 cm³/mol. The number of amides is 1. The van der Waals surface area contributed by atoms with Gasteiger partial charge in [0.25, 0.3) is 0 Å². The fourth-order valence-corrected chi connectivity index (χ4v) is 3.29. The van der Waals surface area contributed by atoms with Crippen molar-refractivity contribution < 1.29 is 13.6 Å². The molecule has 0 spiro atoms. The number of benzene rings is 2. The molecule has 2 aromatic heterocycles. The molecule has 0 atom stereocenters. The van der Waals surface area contributed by atoms with Crippen LogP contribution >= 0.6 is 11.6 Å². The molecule has 1 amide bonds. The standard InChI is InChI=1S/C22H16ClF2N3O/c23-15-6-4-14(5-7-15)22-19(28-12-2-1-3-20(28)27-22)10-11-21(29)26-18-9-8-16(24)13-17(18)25/h1-9,12-13H,10-11H2,(H,26,29). The van der Waals surface area contributed by atoms with Crippen LogP contribution in [0, 0.1) is 11.6 Å². The zero-order chi connectivity index (χ0) is 20.4. The summed E-state index contributed by atoms with van der Waals surface area (Å²) in [4.78, 5) is 17.0. The van der Waals surface area contributed by atoms with Gasteiger partial charge in [0.1, 0.15) is 17.3 Å². The van der Waals surface area contributed by atoms with E-state index in [0.717, 1.165) is 34.7 Å². The first-order valence-corrected chi connectivity index (χ1v) is 9.36. The van der Waals surface area contributed by atoms with Crippen molar-refractivity contribution in [3.63, 3.8) is 0 Å².